The van der Waals surface area contributed by atoms with Crippen molar-refractivity contribution >= 4 is 29.2 Å². The lowest BCUT2D eigenvalue weighted by atomic mass is 9.91. The Morgan fingerprint density at radius 1 is 1.04 bits per heavy atom. The number of halogens is 2. The van der Waals surface area contributed by atoms with Gasteiger partial charge in [-0.15, -0.1) is 0 Å². The van der Waals surface area contributed by atoms with Crippen LogP contribution in [0.25, 0.3) is 0 Å². The van der Waals surface area contributed by atoms with Crippen molar-refractivity contribution in [2.24, 2.45) is 5.92 Å². The molecule has 0 bridgehead atoms. The highest BCUT2D eigenvalue weighted by molar-refractivity contribution is 6.30. The lowest BCUT2D eigenvalue weighted by Crippen LogP contribution is -2.29. The second-order valence-corrected chi connectivity index (χ2v) is 6.59. The minimum atomic E-state index is -0.745. The summed E-state index contributed by atoms with van der Waals surface area (Å²) in [5.74, 6) is -0.680. The normalized spacial score (nSPS) is 14.7. The Labute approximate surface area is 152 Å². The molecule has 3 atom stereocenters. The number of aliphatic hydroxyl groups excluding tert-OH is 1. The molecular formula is C19H20Cl2O3. The van der Waals surface area contributed by atoms with E-state index in [0.29, 0.717) is 22.0 Å². The SMILES string of the molecule is CC[C@@H](OC(=O)c1ccc(Cl)cc1)[C@H](C)[C@H](O)c1ccc(Cl)cc1. The van der Waals surface area contributed by atoms with Crippen LogP contribution in [0.1, 0.15) is 42.3 Å². The molecule has 0 saturated heterocycles. The van der Waals surface area contributed by atoms with Crippen LogP contribution in [-0.4, -0.2) is 17.2 Å². The Kier molecular flexibility index (Phi) is 6.67. The van der Waals surface area contributed by atoms with E-state index in [-0.39, 0.29) is 5.92 Å². The molecule has 2 aromatic rings. The molecular weight excluding hydrogens is 347 g/mol. The molecule has 2 rings (SSSR count). The minimum absolute atomic E-state index is 0.257. The van der Waals surface area contributed by atoms with Gasteiger partial charge in [-0.1, -0.05) is 49.2 Å². The molecule has 1 N–H and O–H groups in total. The Morgan fingerprint density at radius 2 is 1.54 bits per heavy atom. The van der Waals surface area contributed by atoms with Crippen LogP contribution >= 0.6 is 23.2 Å². The molecule has 3 nitrogen and oxygen atoms in total. The van der Waals surface area contributed by atoms with Gasteiger partial charge in [0.05, 0.1) is 11.7 Å². The van der Waals surface area contributed by atoms with E-state index in [2.05, 4.69) is 0 Å². The van der Waals surface area contributed by atoms with Crippen molar-refractivity contribution in [1.29, 1.82) is 0 Å². The third-order valence-corrected chi connectivity index (χ3v) is 4.54. The second kappa shape index (κ2) is 8.52. The highest BCUT2D eigenvalue weighted by Crippen LogP contribution is 2.29. The number of ether oxygens (including phenoxy) is 1. The van der Waals surface area contributed by atoms with Gasteiger partial charge in [0.25, 0.3) is 0 Å². The van der Waals surface area contributed by atoms with Crippen molar-refractivity contribution < 1.29 is 14.6 Å². The molecule has 0 spiro atoms. The van der Waals surface area contributed by atoms with E-state index in [9.17, 15) is 9.90 Å². The minimum Gasteiger partial charge on any atom is -0.458 e. The topological polar surface area (TPSA) is 46.5 Å². The fourth-order valence-electron chi connectivity index (χ4n) is 2.52. The molecule has 0 amide bonds. The highest BCUT2D eigenvalue weighted by atomic mass is 35.5. The maximum absolute atomic E-state index is 12.3. The van der Waals surface area contributed by atoms with Crippen molar-refractivity contribution in [2.75, 3.05) is 0 Å². The summed E-state index contributed by atoms with van der Waals surface area (Å²) < 4.78 is 5.59. The third-order valence-electron chi connectivity index (χ3n) is 4.04. The van der Waals surface area contributed by atoms with E-state index in [1.54, 1.807) is 48.5 Å². The number of benzene rings is 2. The lowest BCUT2D eigenvalue weighted by molar-refractivity contribution is -0.0154. The van der Waals surface area contributed by atoms with Crippen LogP contribution in [0.15, 0.2) is 48.5 Å². The fourth-order valence-corrected chi connectivity index (χ4v) is 2.77. The monoisotopic (exact) mass is 366 g/mol. The van der Waals surface area contributed by atoms with Gasteiger partial charge in [0.1, 0.15) is 6.10 Å². The highest BCUT2D eigenvalue weighted by Gasteiger charge is 2.27. The van der Waals surface area contributed by atoms with Crippen LogP contribution in [0.2, 0.25) is 10.0 Å². The van der Waals surface area contributed by atoms with E-state index in [1.807, 2.05) is 13.8 Å². The first-order valence-corrected chi connectivity index (χ1v) is 8.58. The molecule has 5 heteroatoms. The van der Waals surface area contributed by atoms with Gasteiger partial charge in [0, 0.05) is 16.0 Å². The first-order chi connectivity index (χ1) is 11.4. The summed E-state index contributed by atoms with van der Waals surface area (Å²) in [6.07, 6.45) is -0.547. The van der Waals surface area contributed by atoms with Crippen molar-refractivity contribution in [3.63, 3.8) is 0 Å². The smallest absolute Gasteiger partial charge is 0.338 e. The summed E-state index contributed by atoms with van der Waals surface area (Å²) in [5.41, 5.74) is 1.18. The summed E-state index contributed by atoms with van der Waals surface area (Å²) in [6, 6.07) is 13.5. The first kappa shape index (κ1) is 18.8. The first-order valence-electron chi connectivity index (χ1n) is 7.82. The van der Waals surface area contributed by atoms with Gasteiger partial charge in [-0.3, -0.25) is 0 Å². The summed E-state index contributed by atoms with van der Waals surface area (Å²) in [7, 11) is 0. The molecule has 24 heavy (non-hydrogen) atoms. The average molecular weight is 367 g/mol. The van der Waals surface area contributed by atoms with E-state index in [0.717, 1.165) is 5.56 Å². The number of esters is 1. The van der Waals surface area contributed by atoms with Gasteiger partial charge in [-0.25, -0.2) is 4.79 Å². The molecule has 2 aromatic carbocycles. The number of aliphatic hydroxyl groups is 1. The average Bonchev–Trinajstić information content (AvgIpc) is 2.59. The van der Waals surface area contributed by atoms with Gasteiger partial charge in [-0.2, -0.15) is 0 Å². The fraction of sp³-hybridized carbons (Fsp3) is 0.316. The molecule has 0 aliphatic carbocycles. The molecule has 0 fully saturated rings. The predicted octanol–water partition coefficient (Wildman–Crippen LogP) is 5.30. The molecule has 0 aliphatic heterocycles. The summed E-state index contributed by atoms with van der Waals surface area (Å²) in [6.45, 7) is 3.79. The second-order valence-electron chi connectivity index (χ2n) is 5.71. The Bertz CT molecular complexity index is 668. The Hall–Kier alpha value is -1.55. The van der Waals surface area contributed by atoms with Crippen molar-refractivity contribution in [3.05, 3.63) is 69.7 Å². The quantitative estimate of drug-likeness (QED) is 0.705. The summed E-state index contributed by atoms with van der Waals surface area (Å²) >= 11 is 11.7. The zero-order chi connectivity index (χ0) is 17.7. The molecule has 0 radical (unpaired) electrons. The summed E-state index contributed by atoms with van der Waals surface area (Å²) in [4.78, 5) is 12.3. The zero-order valence-corrected chi connectivity index (χ0v) is 15.1. The van der Waals surface area contributed by atoms with E-state index in [1.165, 1.54) is 0 Å². The number of hydrogen-bond donors (Lipinski definition) is 1. The standard InChI is InChI=1S/C19H20Cl2O3/c1-3-17(24-19(23)14-6-10-16(21)11-7-14)12(2)18(22)13-4-8-15(20)9-5-13/h4-12,17-18,22H,3H2,1-2H3/t12-,17+,18-/m0/s1. The molecule has 128 valence electrons. The third kappa shape index (κ3) is 4.73. The zero-order valence-electron chi connectivity index (χ0n) is 13.6. The maximum atomic E-state index is 12.3. The lowest BCUT2D eigenvalue weighted by Gasteiger charge is -2.27. The van der Waals surface area contributed by atoms with Crippen molar-refractivity contribution in [2.45, 2.75) is 32.5 Å². The number of carbonyl (C=O) groups excluding carboxylic acids is 1. The van der Waals surface area contributed by atoms with E-state index < -0.39 is 18.2 Å². The maximum Gasteiger partial charge on any atom is 0.338 e. The predicted molar refractivity (Wildman–Crippen MR) is 96.5 cm³/mol. The van der Waals surface area contributed by atoms with Crippen molar-refractivity contribution in [1.82, 2.24) is 0 Å². The van der Waals surface area contributed by atoms with Crippen LogP contribution in [0, 0.1) is 5.92 Å². The van der Waals surface area contributed by atoms with Crippen LogP contribution in [0.4, 0.5) is 0 Å². The number of carbonyl (C=O) groups is 1. The molecule has 0 heterocycles. The molecule has 0 saturated carbocycles. The molecule has 0 unspecified atom stereocenters. The van der Waals surface area contributed by atoms with Crippen LogP contribution in [0.5, 0.6) is 0 Å². The Morgan fingerprint density at radius 3 is 2.04 bits per heavy atom. The van der Waals surface area contributed by atoms with E-state index >= 15 is 0 Å². The van der Waals surface area contributed by atoms with Gasteiger partial charge in [-0.05, 0) is 48.4 Å². The van der Waals surface area contributed by atoms with E-state index in [4.69, 9.17) is 27.9 Å². The Balaban J connectivity index is 2.07. The number of hydrogen-bond acceptors (Lipinski definition) is 3. The van der Waals surface area contributed by atoms with Gasteiger partial charge < -0.3 is 9.84 Å². The summed E-state index contributed by atoms with van der Waals surface area (Å²) in [5, 5.41) is 11.7. The van der Waals surface area contributed by atoms with Gasteiger partial charge in [0.15, 0.2) is 0 Å². The number of rotatable bonds is 6. The molecule has 0 aromatic heterocycles. The molecule has 0 aliphatic rings. The van der Waals surface area contributed by atoms with Crippen LogP contribution < -0.4 is 0 Å². The van der Waals surface area contributed by atoms with Crippen LogP contribution in [0.3, 0.4) is 0 Å². The van der Waals surface area contributed by atoms with Crippen molar-refractivity contribution in [3.8, 4) is 0 Å². The van der Waals surface area contributed by atoms with Gasteiger partial charge >= 0.3 is 5.97 Å². The largest absolute Gasteiger partial charge is 0.458 e. The van der Waals surface area contributed by atoms with Crippen LogP contribution in [-0.2, 0) is 4.74 Å². The van der Waals surface area contributed by atoms with Gasteiger partial charge in [0.2, 0.25) is 0 Å².